The van der Waals surface area contributed by atoms with Crippen molar-refractivity contribution in [2.45, 2.75) is 13.8 Å². The molecular formula is C17H21FN6O. The molecule has 2 aromatic heterocycles. The summed E-state index contributed by atoms with van der Waals surface area (Å²) in [5.74, 6) is 0.764. The number of aromatic nitrogens is 3. The molecule has 0 bridgehead atoms. The van der Waals surface area contributed by atoms with Gasteiger partial charge in [0.25, 0.3) is 5.91 Å². The Labute approximate surface area is 145 Å². The maximum atomic E-state index is 13.3. The lowest BCUT2D eigenvalue weighted by molar-refractivity contribution is 0.0745. The van der Waals surface area contributed by atoms with Gasteiger partial charge in [0.2, 0.25) is 5.95 Å². The van der Waals surface area contributed by atoms with E-state index in [1.54, 1.807) is 4.90 Å². The standard InChI is InChI=1S/C17H21FN6O/c1-3-20-17-21-12(2)8-15(22-17)23-4-6-24(7-5-23)16(25)13-9-14(18)11-19-10-13/h8-11H,3-7H2,1-2H3,(H,20,21,22). The second-order valence-electron chi connectivity index (χ2n) is 5.89. The van der Waals surface area contributed by atoms with Crippen molar-refractivity contribution in [2.75, 3.05) is 42.9 Å². The molecule has 1 aliphatic rings. The zero-order valence-corrected chi connectivity index (χ0v) is 14.4. The molecule has 0 unspecified atom stereocenters. The van der Waals surface area contributed by atoms with E-state index in [4.69, 9.17) is 0 Å². The van der Waals surface area contributed by atoms with Gasteiger partial charge in [0.05, 0.1) is 11.8 Å². The average Bonchev–Trinajstić information content (AvgIpc) is 2.61. The second kappa shape index (κ2) is 7.42. The number of pyridine rings is 1. The van der Waals surface area contributed by atoms with Crippen molar-refractivity contribution in [3.8, 4) is 0 Å². The summed E-state index contributed by atoms with van der Waals surface area (Å²) in [5.41, 5.74) is 1.17. The summed E-state index contributed by atoms with van der Waals surface area (Å²) in [7, 11) is 0. The lowest BCUT2D eigenvalue weighted by Gasteiger charge is -2.35. The molecule has 1 aliphatic heterocycles. The Morgan fingerprint density at radius 2 is 1.96 bits per heavy atom. The predicted octanol–water partition coefficient (Wildman–Crippen LogP) is 1.71. The molecule has 2 aromatic rings. The van der Waals surface area contributed by atoms with Crippen molar-refractivity contribution in [3.63, 3.8) is 0 Å². The zero-order chi connectivity index (χ0) is 17.8. The lowest BCUT2D eigenvalue weighted by Crippen LogP contribution is -2.49. The number of halogens is 1. The first-order valence-corrected chi connectivity index (χ1v) is 8.31. The third-order valence-electron chi connectivity index (χ3n) is 4.02. The highest BCUT2D eigenvalue weighted by Crippen LogP contribution is 2.18. The molecule has 0 saturated carbocycles. The molecular weight excluding hydrogens is 323 g/mol. The van der Waals surface area contributed by atoms with E-state index in [0.29, 0.717) is 32.1 Å². The molecule has 0 atom stereocenters. The molecule has 25 heavy (non-hydrogen) atoms. The molecule has 3 heterocycles. The summed E-state index contributed by atoms with van der Waals surface area (Å²) in [6.07, 6.45) is 2.49. The van der Waals surface area contributed by atoms with Crippen LogP contribution < -0.4 is 10.2 Å². The van der Waals surface area contributed by atoms with Crippen LogP contribution in [0.2, 0.25) is 0 Å². The lowest BCUT2D eigenvalue weighted by atomic mass is 10.2. The number of hydrogen-bond acceptors (Lipinski definition) is 6. The van der Waals surface area contributed by atoms with E-state index < -0.39 is 5.82 Å². The number of anilines is 2. The van der Waals surface area contributed by atoms with E-state index in [-0.39, 0.29) is 11.5 Å². The molecule has 1 fully saturated rings. The Balaban J connectivity index is 1.66. The van der Waals surface area contributed by atoms with Gasteiger partial charge >= 0.3 is 0 Å². The molecule has 1 amide bonds. The van der Waals surface area contributed by atoms with Gasteiger partial charge in [-0.05, 0) is 19.9 Å². The summed E-state index contributed by atoms with van der Waals surface area (Å²) in [5, 5.41) is 3.13. The number of rotatable bonds is 4. The monoisotopic (exact) mass is 344 g/mol. The third kappa shape index (κ3) is 4.01. The highest BCUT2D eigenvalue weighted by atomic mass is 19.1. The molecule has 1 N–H and O–H groups in total. The highest BCUT2D eigenvalue weighted by molar-refractivity contribution is 5.94. The van der Waals surface area contributed by atoms with Gasteiger partial charge in [0.15, 0.2) is 0 Å². The van der Waals surface area contributed by atoms with Gasteiger partial charge < -0.3 is 15.1 Å². The first kappa shape index (κ1) is 17.1. The van der Waals surface area contributed by atoms with Gasteiger partial charge in [-0.2, -0.15) is 4.98 Å². The van der Waals surface area contributed by atoms with Gasteiger partial charge in [-0.25, -0.2) is 9.37 Å². The van der Waals surface area contributed by atoms with Crippen LogP contribution in [0.1, 0.15) is 23.0 Å². The average molecular weight is 344 g/mol. The molecule has 1 saturated heterocycles. The van der Waals surface area contributed by atoms with Crippen LogP contribution in [-0.4, -0.2) is 58.5 Å². The van der Waals surface area contributed by atoms with Crippen molar-refractivity contribution in [1.29, 1.82) is 0 Å². The van der Waals surface area contributed by atoms with E-state index in [9.17, 15) is 9.18 Å². The maximum absolute atomic E-state index is 13.3. The second-order valence-corrected chi connectivity index (χ2v) is 5.89. The Bertz CT molecular complexity index is 761. The van der Waals surface area contributed by atoms with Crippen LogP contribution in [0.15, 0.2) is 24.5 Å². The minimum absolute atomic E-state index is 0.196. The van der Waals surface area contributed by atoms with Crippen LogP contribution in [0.3, 0.4) is 0 Å². The molecule has 3 rings (SSSR count). The van der Waals surface area contributed by atoms with Crippen molar-refractivity contribution < 1.29 is 9.18 Å². The maximum Gasteiger partial charge on any atom is 0.255 e. The fourth-order valence-corrected chi connectivity index (χ4v) is 2.80. The Hall–Kier alpha value is -2.77. The third-order valence-corrected chi connectivity index (χ3v) is 4.02. The van der Waals surface area contributed by atoms with E-state index in [1.807, 2.05) is 19.9 Å². The number of aryl methyl sites for hydroxylation is 1. The zero-order valence-electron chi connectivity index (χ0n) is 14.4. The Morgan fingerprint density at radius 1 is 1.20 bits per heavy atom. The van der Waals surface area contributed by atoms with E-state index in [0.717, 1.165) is 24.3 Å². The fraction of sp³-hybridized carbons (Fsp3) is 0.412. The molecule has 0 radical (unpaired) electrons. The summed E-state index contributed by atoms with van der Waals surface area (Å²) in [4.78, 5) is 28.9. The van der Waals surface area contributed by atoms with Crippen LogP contribution in [0, 0.1) is 12.7 Å². The van der Waals surface area contributed by atoms with Gasteiger partial charge in [-0.3, -0.25) is 9.78 Å². The van der Waals surface area contributed by atoms with Gasteiger partial charge in [-0.1, -0.05) is 0 Å². The summed E-state index contributed by atoms with van der Waals surface area (Å²) < 4.78 is 13.3. The SMILES string of the molecule is CCNc1nc(C)cc(N2CCN(C(=O)c3cncc(F)c3)CC2)n1. The van der Waals surface area contributed by atoms with Crippen LogP contribution in [0.25, 0.3) is 0 Å². The van der Waals surface area contributed by atoms with Crippen molar-refractivity contribution in [3.05, 3.63) is 41.6 Å². The summed E-state index contributed by atoms with van der Waals surface area (Å²) >= 11 is 0. The van der Waals surface area contributed by atoms with Crippen molar-refractivity contribution >= 4 is 17.7 Å². The van der Waals surface area contributed by atoms with E-state index >= 15 is 0 Å². The van der Waals surface area contributed by atoms with E-state index in [2.05, 4.69) is 25.2 Å². The van der Waals surface area contributed by atoms with Gasteiger partial charge in [0.1, 0.15) is 11.6 Å². The van der Waals surface area contributed by atoms with Gasteiger partial charge in [0, 0.05) is 50.7 Å². The minimum Gasteiger partial charge on any atom is -0.354 e. The molecule has 132 valence electrons. The normalized spacial score (nSPS) is 14.5. The number of carbonyl (C=O) groups is 1. The number of nitrogens with one attached hydrogen (secondary N) is 1. The molecule has 0 spiro atoms. The van der Waals surface area contributed by atoms with Crippen molar-refractivity contribution in [1.82, 2.24) is 19.9 Å². The number of nitrogens with zero attached hydrogens (tertiary/aromatic N) is 5. The van der Waals surface area contributed by atoms with Crippen LogP contribution in [0.4, 0.5) is 16.2 Å². The van der Waals surface area contributed by atoms with Crippen molar-refractivity contribution in [2.24, 2.45) is 0 Å². The van der Waals surface area contributed by atoms with Gasteiger partial charge in [-0.15, -0.1) is 0 Å². The van der Waals surface area contributed by atoms with Crippen LogP contribution in [0.5, 0.6) is 0 Å². The van der Waals surface area contributed by atoms with Crippen LogP contribution >= 0.6 is 0 Å². The first-order chi connectivity index (χ1) is 12.1. The minimum atomic E-state index is -0.503. The Morgan fingerprint density at radius 3 is 2.64 bits per heavy atom. The quantitative estimate of drug-likeness (QED) is 0.910. The molecule has 0 aliphatic carbocycles. The topological polar surface area (TPSA) is 74.2 Å². The number of carbonyl (C=O) groups excluding carboxylic acids is 1. The number of piperazine rings is 1. The smallest absolute Gasteiger partial charge is 0.255 e. The summed E-state index contributed by atoms with van der Waals surface area (Å²) in [6.45, 7) is 7.11. The van der Waals surface area contributed by atoms with Crippen LogP contribution in [-0.2, 0) is 0 Å². The fourth-order valence-electron chi connectivity index (χ4n) is 2.80. The molecule has 7 nitrogen and oxygen atoms in total. The molecule has 8 heteroatoms. The summed E-state index contributed by atoms with van der Waals surface area (Å²) in [6, 6.07) is 3.16. The largest absolute Gasteiger partial charge is 0.354 e. The number of amides is 1. The molecule has 0 aromatic carbocycles. The number of hydrogen-bond donors (Lipinski definition) is 1. The Kier molecular flexibility index (Phi) is 5.06. The highest BCUT2D eigenvalue weighted by Gasteiger charge is 2.23. The first-order valence-electron chi connectivity index (χ1n) is 8.31. The predicted molar refractivity (Wildman–Crippen MR) is 93.2 cm³/mol. The van der Waals surface area contributed by atoms with E-state index in [1.165, 1.54) is 12.3 Å².